The summed E-state index contributed by atoms with van der Waals surface area (Å²) in [6.07, 6.45) is 0.0795. The van der Waals surface area contributed by atoms with Gasteiger partial charge in [-0.1, -0.05) is 18.2 Å². The Bertz CT molecular complexity index is 767. The number of methoxy groups -OCH3 is 1. The van der Waals surface area contributed by atoms with Crippen molar-refractivity contribution in [2.75, 3.05) is 7.11 Å². The van der Waals surface area contributed by atoms with Crippen molar-refractivity contribution in [3.8, 4) is 11.5 Å². The van der Waals surface area contributed by atoms with Crippen LogP contribution in [0.25, 0.3) is 10.8 Å². The smallest absolute Gasteiger partial charge is 0.495 e. The largest absolute Gasteiger partial charge is 0.496 e. The SMILES string of the molecule is COc1cccc2c(B3OC(C)(C)C(C)(C)O3)ccc(OC(C)C)c12. The van der Waals surface area contributed by atoms with Crippen molar-refractivity contribution in [2.45, 2.75) is 58.8 Å². The van der Waals surface area contributed by atoms with E-state index in [4.69, 9.17) is 18.8 Å². The first-order valence-corrected chi connectivity index (χ1v) is 8.78. The molecule has 1 aliphatic heterocycles. The Morgan fingerprint density at radius 2 is 1.56 bits per heavy atom. The third-order valence-electron chi connectivity index (χ3n) is 5.09. The highest BCUT2D eigenvalue weighted by molar-refractivity contribution is 6.65. The van der Waals surface area contributed by atoms with Gasteiger partial charge in [0.2, 0.25) is 0 Å². The summed E-state index contributed by atoms with van der Waals surface area (Å²) < 4.78 is 24.1. The van der Waals surface area contributed by atoms with Gasteiger partial charge in [-0.05, 0) is 64.5 Å². The van der Waals surface area contributed by atoms with E-state index in [0.29, 0.717) is 0 Å². The number of ether oxygens (including phenoxy) is 2. The molecule has 0 unspecified atom stereocenters. The third-order valence-corrected chi connectivity index (χ3v) is 5.09. The van der Waals surface area contributed by atoms with Gasteiger partial charge >= 0.3 is 7.12 Å². The molecule has 0 radical (unpaired) electrons. The number of hydrogen-bond donors (Lipinski definition) is 0. The Labute approximate surface area is 150 Å². The Balaban J connectivity index is 2.15. The molecule has 1 fully saturated rings. The van der Waals surface area contributed by atoms with Gasteiger partial charge in [0.25, 0.3) is 0 Å². The number of hydrogen-bond acceptors (Lipinski definition) is 4. The lowest BCUT2D eigenvalue weighted by molar-refractivity contribution is 0.00578. The predicted molar refractivity (Wildman–Crippen MR) is 102 cm³/mol. The summed E-state index contributed by atoms with van der Waals surface area (Å²) in [7, 11) is 1.25. The first-order valence-electron chi connectivity index (χ1n) is 8.78. The summed E-state index contributed by atoms with van der Waals surface area (Å²) in [5.41, 5.74) is 0.231. The molecule has 0 amide bonds. The van der Waals surface area contributed by atoms with Crippen molar-refractivity contribution in [2.24, 2.45) is 0 Å². The molecule has 1 aliphatic rings. The van der Waals surface area contributed by atoms with Crippen LogP contribution in [-0.2, 0) is 9.31 Å². The second kappa shape index (κ2) is 6.22. The van der Waals surface area contributed by atoms with Gasteiger partial charge in [0.15, 0.2) is 0 Å². The summed E-state index contributed by atoms with van der Waals surface area (Å²) >= 11 is 0. The first kappa shape index (κ1) is 18.1. The molecule has 0 aromatic heterocycles. The van der Waals surface area contributed by atoms with Crippen LogP contribution in [0.4, 0.5) is 0 Å². The molecule has 0 N–H and O–H groups in total. The molecule has 0 aliphatic carbocycles. The van der Waals surface area contributed by atoms with Gasteiger partial charge in [-0.15, -0.1) is 0 Å². The van der Waals surface area contributed by atoms with Crippen LogP contribution in [0.15, 0.2) is 30.3 Å². The Hall–Kier alpha value is -1.72. The fourth-order valence-corrected chi connectivity index (χ4v) is 3.06. The standard InChI is InChI=1S/C20H27BO4/c1-13(2)23-17-12-11-15(14-9-8-10-16(22-7)18(14)17)21-24-19(3,4)20(5,6)25-21/h8-13H,1-7H3. The molecule has 1 saturated heterocycles. The molecule has 1 heterocycles. The van der Waals surface area contributed by atoms with Crippen LogP contribution in [-0.4, -0.2) is 31.5 Å². The minimum atomic E-state index is -0.423. The molecular weight excluding hydrogens is 315 g/mol. The maximum Gasteiger partial charge on any atom is 0.495 e. The first-order chi connectivity index (χ1) is 11.7. The van der Waals surface area contributed by atoms with Crippen LogP contribution in [0.5, 0.6) is 11.5 Å². The van der Waals surface area contributed by atoms with Crippen molar-refractivity contribution in [1.82, 2.24) is 0 Å². The highest BCUT2D eigenvalue weighted by Crippen LogP contribution is 2.39. The maximum atomic E-state index is 6.25. The second-order valence-corrected chi connectivity index (χ2v) is 7.79. The van der Waals surface area contributed by atoms with Gasteiger partial charge in [0.1, 0.15) is 11.5 Å². The minimum absolute atomic E-state index is 0.0795. The molecule has 0 bridgehead atoms. The molecule has 0 saturated carbocycles. The minimum Gasteiger partial charge on any atom is -0.496 e. The van der Waals surface area contributed by atoms with Crippen LogP contribution in [0, 0.1) is 0 Å². The van der Waals surface area contributed by atoms with E-state index >= 15 is 0 Å². The predicted octanol–water partition coefficient (Wildman–Crippen LogP) is 3.93. The molecule has 0 spiro atoms. The summed E-state index contributed by atoms with van der Waals surface area (Å²) in [6, 6.07) is 10.00. The van der Waals surface area contributed by atoms with Crippen molar-refractivity contribution < 1.29 is 18.8 Å². The summed E-state index contributed by atoms with van der Waals surface area (Å²) in [6.45, 7) is 12.3. The van der Waals surface area contributed by atoms with Gasteiger partial charge < -0.3 is 18.8 Å². The van der Waals surface area contributed by atoms with Crippen LogP contribution >= 0.6 is 0 Å². The second-order valence-electron chi connectivity index (χ2n) is 7.79. The maximum absolute atomic E-state index is 6.25. The van der Waals surface area contributed by atoms with Gasteiger partial charge in [0, 0.05) is 0 Å². The summed E-state index contributed by atoms with van der Waals surface area (Å²) in [5.74, 6) is 1.59. The van der Waals surface area contributed by atoms with E-state index in [2.05, 4.69) is 33.8 Å². The van der Waals surface area contributed by atoms with Crippen LogP contribution in [0.2, 0.25) is 0 Å². The monoisotopic (exact) mass is 342 g/mol. The Morgan fingerprint density at radius 3 is 2.12 bits per heavy atom. The lowest BCUT2D eigenvalue weighted by Gasteiger charge is -2.32. The molecule has 2 aromatic carbocycles. The lowest BCUT2D eigenvalue weighted by Crippen LogP contribution is -2.41. The third kappa shape index (κ3) is 3.11. The van der Waals surface area contributed by atoms with Crippen molar-refractivity contribution in [1.29, 1.82) is 0 Å². The van der Waals surface area contributed by atoms with E-state index < -0.39 is 7.12 Å². The van der Waals surface area contributed by atoms with Crippen LogP contribution in [0.3, 0.4) is 0 Å². The van der Waals surface area contributed by atoms with Gasteiger partial charge in [-0.3, -0.25) is 0 Å². The molecule has 25 heavy (non-hydrogen) atoms. The number of fused-ring (bicyclic) bond motifs is 1. The normalized spacial score (nSPS) is 18.8. The van der Waals surface area contributed by atoms with E-state index in [0.717, 1.165) is 27.7 Å². The molecule has 5 heteroatoms. The van der Waals surface area contributed by atoms with Crippen LogP contribution in [0.1, 0.15) is 41.5 Å². The van der Waals surface area contributed by atoms with E-state index in [1.807, 2.05) is 38.1 Å². The Kier molecular flexibility index (Phi) is 4.50. The van der Waals surface area contributed by atoms with Gasteiger partial charge in [-0.25, -0.2) is 0 Å². The lowest BCUT2D eigenvalue weighted by atomic mass is 9.76. The van der Waals surface area contributed by atoms with Crippen molar-refractivity contribution in [3.63, 3.8) is 0 Å². The van der Waals surface area contributed by atoms with E-state index in [1.165, 1.54) is 0 Å². The van der Waals surface area contributed by atoms with Crippen LogP contribution < -0.4 is 14.9 Å². The molecule has 2 aromatic rings. The Morgan fingerprint density at radius 1 is 0.920 bits per heavy atom. The molecule has 4 nitrogen and oxygen atoms in total. The summed E-state index contributed by atoms with van der Waals surface area (Å²) in [4.78, 5) is 0. The molecule has 3 rings (SSSR count). The number of benzene rings is 2. The van der Waals surface area contributed by atoms with E-state index in [1.54, 1.807) is 7.11 Å². The summed E-state index contributed by atoms with van der Waals surface area (Å²) in [5, 5.41) is 1.97. The average Bonchev–Trinajstić information content (AvgIpc) is 2.74. The molecular formula is C20H27BO4. The highest BCUT2D eigenvalue weighted by Gasteiger charge is 2.52. The zero-order chi connectivity index (χ0) is 18.4. The van der Waals surface area contributed by atoms with Gasteiger partial charge in [-0.2, -0.15) is 0 Å². The molecule has 134 valence electrons. The van der Waals surface area contributed by atoms with Crippen molar-refractivity contribution in [3.05, 3.63) is 30.3 Å². The van der Waals surface area contributed by atoms with E-state index in [9.17, 15) is 0 Å². The zero-order valence-electron chi connectivity index (χ0n) is 16.2. The average molecular weight is 342 g/mol. The van der Waals surface area contributed by atoms with Crippen molar-refractivity contribution >= 4 is 23.4 Å². The van der Waals surface area contributed by atoms with E-state index in [-0.39, 0.29) is 17.3 Å². The van der Waals surface area contributed by atoms with Gasteiger partial charge in [0.05, 0.1) is 29.8 Å². The topological polar surface area (TPSA) is 36.9 Å². The fourth-order valence-electron chi connectivity index (χ4n) is 3.06. The fraction of sp³-hybridized carbons (Fsp3) is 0.500. The highest BCUT2D eigenvalue weighted by atomic mass is 16.7. The molecule has 0 atom stereocenters. The zero-order valence-corrected chi connectivity index (χ0v) is 16.2. The number of rotatable bonds is 4. The quantitative estimate of drug-likeness (QED) is 0.789.